The monoisotopic (exact) mass is 496 g/mol. The van der Waals surface area contributed by atoms with E-state index in [-0.39, 0.29) is 17.2 Å². The van der Waals surface area contributed by atoms with Crippen molar-refractivity contribution in [1.29, 1.82) is 0 Å². The van der Waals surface area contributed by atoms with E-state index >= 15 is 0 Å². The second-order valence-corrected chi connectivity index (χ2v) is 10.9. The van der Waals surface area contributed by atoms with Crippen molar-refractivity contribution in [2.24, 2.45) is 4.40 Å². The Bertz CT molecular complexity index is 1300. The van der Waals surface area contributed by atoms with E-state index in [1.165, 1.54) is 29.0 Å². The highest BCUT2D eigenvalue weighted by molar-refractivity contribution is 7.90. The summed E-state index contributed by atoms with van der Waals surface area (Å²) in [7, 11) is -2.00. The zero-order valence-corrected chi connectivity index (χ0v) is 21.0. The van der Waals surface area contributed by atoms with Crippen LogP contribution in [0.15, 0.2) is 63.2 Å². The number of aryl methyl sites for hydroxylation is 1. The van der Waals surface area contributed by atoms with E-state index in [9.17, 15) is 13.2 Å². The molecule has 7 nitrogen and oxygen atoms in total. The summed E-state index contributed by atoms with van der Waals surface area (Å²) in [5.74, 6) is 0.324. The minimum atomic E-state index is -3.87. The van der Waals surface area contributed by atoms with Gasteiger partial charge in [0.1, 0.15) is 10.8 Å². The quantitative estimate of drug-likeness (QED) is 0.524. The maximum atomic E-state index is 12.9. The third kappa shape index (κ3) is 6.09. The van der Waals surface area contributed by atoms with Gasteiger partial charge in [-0.1, -0.05) is 42.3 Å². The van der Waals surface area contributed by atoms with E-state index in [0.29, 0.717) is 23.6 Å². The molecular formula is C25H28N4O3S2. The van der Waals surface area contributed by atoms with Gasteiger partial charge in [0, 0.05) is 36.6 Å². The summed E-state index contributed by atoms with van der Waals surface area (Å²) in [6, 6.07) is 14.3. The largest absolute Gasteiger partial charge is 0.362 e. The summed E-state index contributed by atoms with van der Waals surface area (Å²) in [5, 5.41) is 5.51. The average molecular weight is 497 g/mol. The van der Waals surface area contributed by atoms with Gasteiger partial charge < -0.3 is 10.2 Å². The first-order chi connectivity index (χ1) is 16.3. The Labute approximate surface area is 204 Å². The van der Waals surface area contributed by atoms with E-state index in [0.717, 1.165) is 36.4 Å². The van der Waals surface area contributed by atoms with Crippen molar-refractivity contribution in [3.63, 3.8) is 0 Å². The van der Waals surface area contributed by atoms with Crippen LogP contribution in [0.1, 0.15) is 36.9 Å². The molecule has 9 heteroatoms. The van der Waals surface area contributed by atoms with E-state index in [1.54, 1.807) is 12.1 Å². The van der Waals surface area contributed by atoms with Crippen LogP contribution < -0.4 is 5.32 Å². The molecule has 1 aliphatic rings. The van der Waals surface area contributed by atoms with Crippen molar-refractivity contribution in [3.05, 3.63) is 65.2 Å². The lowest BCUT2D eigenvalue weighted by atomic mass is 10.2. The van der Waals surface area contributed by atoms with Gasteiger partial charge in [0.25, 0.3) is 10.0 Å². The van der Waals surface area contributed by atoms with Crippen LogP contribution >= 0.6 is 11.3 Å². The molecule has 34 heavy (non-hydrogen) atoms. The molecule has 2 heterocycles. The number of rotatable bonds is 6. The van der Waals surface area contributed by atoms with Crippen molar-refractivity contribution in [3.8, 4) is 10.6 Å². The molecule has 1 aromatic heterocycles. The standard InChI is InChI=1S/C25H28N4O3S2/c1-18-10-12-19(13-11-18)25-27-21(17-33-25)16-24(30)26-20-7-6-8-22(15-20)34(31,32)28-23-9-4-3-5-14-29(23)2/h6-8,10-13,15,17H,3-5,9,14,16H2,1-2H3,(H,26,30). The van der Waals surface area contributed by atoms with Crippen molar-refractivity contribution in [1.82, 2.24) is 9.88 Å². The summed E-state index contributed by atoms with van der Waals surface area (Å²) < 4.78 is 29.9. The maximum absolute atomic E-state index is 12.9. The fourth-order valence-electron chi connectivity index (χ4n) is 3.76. The number of aromatic nitrogens is 1. The van der Waals surface area contributed by atoms with Gasteiger partial charge in [0.15, 0.2) is 0 Å². The maximum Gasteiger partial charge on any atom is 0.284 e. The number of amides is 1. The number of nitrogens with zero attached hydrogens (tertiary/aromatic N) is 3. The summed E-state index contributed by atoms with van der Waals surface area (Å²) in [6.07, 6.45) is 3.77. The molecule has 0 bridgehead atoms. The van der Waals surface area contributed by atoms with Gasteiger partial charge in [-0.2, -0.15) is 8.42 Å². The van der Waals surface area contributed by atoms with Crippen molar-refractivity contribution < 1.29 is 13.2 Å². The molecule has 1 N–H and O–H groups in total. The van der Waals surface area contributed by atoms with E-state index < -0.39 is 10.0 Å². The number of benzene rings is 2. The van der Waals surface area contributed by atoms with Gasteiger partial charge in [-0.05, 0) is 38.0 Å². The SMILES string of the molecule is Cc1ccc(-c2nc(CC(=O)Nc3cccc(S(=O)(=O)N=C4CCCCCN4C)c3)cs2)cc1. The fraction of sp³-hybridized carbons (Fsp3) is 0.320. The van der Waals surface area contributed by atoms with Gasteiger partial charge in [-0.25, -0.2) is 4.98 Å². The van der Waals surface area contributed by atoms with E-state index in [1.807, 2.05) is 48.5 Å². The first-order valence-electron chi connectivity index (χ1n) is 11.3. The number of sulfonamides is 1. The zero-order chi connectivity index (χ0) is 24.1. The normalized spacial score (nSPS) is 15.8. The predicted octanol–water partition coefficient (Wildman–Crippen LogP) is 4.89. The molecule has 1 amide bonds. The van der Waals surface area contributed by atoms with Gasteiger partial charge >= 0.3 is 0 Å². The molecule has 3 aromatic rings. The lowest BCUT2D eigenvalue weighted by molar-refractivity contribution is -0.115. The Morgan fingerprint density at radius 3 is 2.74 bits per heavy atom. The molecule has 0 atom stereocenters. The van der Waals surface area contributed by atoms with E-state index in [4.69, 9.17) is 0 Å². The van der Waals surface area contributed by atoms with Crippen LogP contribution in [0.25, 0.3) is 10.6 Å². The highest BCUT2D eigenvalue weighted by Crippen LogP contribution is 2.25. The molecule has 4 rings (SSSR count). The third-order valence-corrected chi connectivity index (χ3v) is 7.91. The van der Waals surface area contributed by atoms with Crippen LogP contribution in [0.5, 0.6) is 0 Å². The number of carbonyl (C=O) groups excluding carboxylic acids is 1. The number of nitrogens with one attached hydrogen (secondary N) is 1. The van der Waals surface area contributed by atoms with Crippen molar-refractivity contribution in [2.45, 2.75) is 43.9 Å². The number of likely N-dealkylation sites (tertiary alicyclic amines) is 1. The molecule has 0 unspecified atom stereocenters. The van der Waals surface area contributed by atoms with Crippen LogP contribution in [0.4, 0.5) is 5.69 Å². The van der Waals surface area contributed by atoms with E-state index in [2.05, 4.69) is 14.7 Å². The van der Waals surface area contributed by atoms with Crippen molar-refractivity contribution >= 4 is 38.8 Å². The third-order valence-electron chi connectivity index (χ3n) is 5.67. The number of thiazole rings is 1. The minimum absolute atomic E-state index is 0.0609. The lowest BCUT2D eigenvalue weighted by Crippen LogP contribution is -2.26. The average Bonchev–Trinajstić information content (AvgIpc) is 3.17. The summed E-state index contributed by atoms with van der Waals surface area (Å²) in [6.45, 7) is 2.83. The first kappa shape index (κ1) is 24.1. The summed E-state index contributed by atoms with van der Waals surface area (Å²) >= 11 is 1.49. The number of anilines is 1. The highest BCUT2D eigenvalue weighted by Gasteiger charge is 2.19. The Morgan fingerprint density at radius 2 is 1.94 bits per heavy atom. The van der Waals surface area contributed by atoms with Gasteiger partial charge in [-0.3, -0.25) is 4.79 Å². The van der Waals surface area contributed by atoms with Crippen LogP contribution in [-0.4, -0.2) is 43.6 Å². The topological polar surface area (TPSA) is 91.7 Å². The summed E-state index contributed by atoms with van der Waals surface area (Å²) in [5.41, 5.74) is 3.28. The highest BCUT2D eigenvalue weighted by atomic mass is 32.2. The molecule has 0 saturated carbocycles. The summed E-state index contributed by atoms with van der Waals surface area (Å²) in [4.78, 5) is 19.1. The number of carbonyl (C=O) groups is 1. The Kier molecular flexibility index (Phi) is 7.43. The lowest BCUT2D eigenvalue weighted by Gasteiger charge is -2.17. The smallest absolute Gasteiger partial charge is 0.284 e. The molecule has 0 radical (unpaired) electrons. The van der Waals surface area contributed by atoms with Crippen LogP contribution in [-0.2, 0) is 21.2 Å². The second kappa shape index (κ2) is 10.5. The second-order valence-electron chi connectivity index (χ2n) is 8.48. The predicted molar refractivity (Wildman–Crippen MR) is 137 cm³/mol. The molecule has 178 valence electrons. The minimum Gasteiger partial charge on any atom is -0.362 e. The van der Waals surface area contributed by atoms with Gasteiger partial charge in [0.2, 0.25) is 5.91 Å². The molecule has 1 saturated heterocycles. The number of hydrogen-bond donors (Lipinski definition) is 1. The molecule has 1 aliphatic heterocycles. The molecule has 0 spiro atoms. The Morgan fingerprint density at radius 1 is 1.15 bits per heavy atom. The van der Waals surface area contributed by atoms with Crippen LogP contribution in [0.3, 0.4) is 0 Å². The van der Waals surface area contributed by atoms with Crippen LogP contribution in [0, 0.1) is 6.92 Å². The number of amidine groups is 1. The molecular weight excluding hydrogens is 468 g/mol. The Hall–Kier alpha value is -3.04. The zero-order valence-electron chi connectivity index (χ0n) is 19.3. The van der Waals surface area contributed by atoms with Crippen molar-refractivity contribution in [2.75, 3.05) is 18.9 Å². The Balaban J connectivity index is 1.44. The first-order valence-corrected chi connectivity index (χ1v) is 13.6. The van der Waals surface area contributed by atoms with Crippen LogP contribution in [0.2, 0.25) is 0 Å². The number of hydrogen-bond acceptors (Lipinski definition) is 5. The molecule has 1 fully saturated rings. The molecule has 0 aliphatic carbocycles. The molecule has 2 aromatic carbocycles. The van der Waals surface area contributed by atoms with Gasteiger partial charge in [0.05, 0.1) is 17.0 Å². The van der Waals surface area contributed by atoms with Gasteiger partial charge in [-0.15, -0.1) is 15.7 Å². The fourth-order valence-corrected chi connectivity index (χ4v) is 5.72.